The van der Waals surface area contributed by atoms with Crippen LogP contribution in [0.4, 0.5) is 0 Å². The standard InChI is InChI=1S/C22H29N3O5/c1-4-28-19-17(11-23-21(24-19)29-5-2)22(27)15-7-6-8-16(22)13-25(12-15)20(26)18-10-9-14(3)30-18/h9-11,15-16,27H,4-8,12-13H2,1-3H3/t15-,16+,22?. The molecule has 162 valence electrons. The van der Waals surface area contributed by atoms with Crippen molar-refractivity contribution >= 4 is 5.91 Å². The van der Waals surface area contributed by atoms with Crippen LogP contribution in [0.2, 0.25) is 0 Å². The molecular weight excluding hydrogens is 386 g/mol. The van der Waals surface area contributed by atoms with Crippen molar-refractivity contribution in [2.45, 2.75) is 45.6 Å². The van der Waals surface area contributed by atoms with E-state index in [1.54, 1.807) is 23.2 Å². The summed E-state index contributed by atoms with van der Waals surface area (Å²) in [5.74, 6) is 1.01. The average molecular weight is 415 g/mol. The lowest BCUT2D eigenvalue weighted by molar-refractivity contribution is -0.141. The van der Waals surface area contributed by atoms with Crippen LogP contribution in [0.5, 0.6) is 11.9 Å². The van der Waals surface area contributed by atoms with Crippen molar-refractivity contribution in [3.63, 3.8) is 0 Å². The van der Waals surface area contributed by atoms with E-state index in [9.17, 15) is 9.90 Å². The van der Waals surface area contributed by atoms with Gasteiger partial charge >= 0.3 is 6.01 Å². The van der Waals surface area contributed by atoms with Crippen LogP contribution in [0.1, 0.15) is 55.0 Å². The first-order valence-electron chi connectivity index (χ1n) is 10.7. The van der Waals surface area contributed by atoms with Crippen LogP contribution in [0.15, 0.2) is 22.7 Å². The maximum atomic E-state index is 13.0. The van der Waals surface area contributed by atoms with Crippen LogP contribution in [0, 0.1) is 18.8 Å². The summed E-state index contributed by atoms with van der Waals surface area (Å²) in [4.78, 5) is 23.5. The average Bonchev–Trinajstić information content (AvgIpc) is 3.14. The number of aliphatic hydroxyl groups is 1. The molecule has 3 heterocycles. The van der Waals surface area contributed by atoms with Crippen LogP contribution >= 0.6 is 0 Å². The Kier molecular flexibility index (Phi) is 5.69. The summed E-state index contributed by atoms with van der Waals surface area (Å²) in [6, 6.07) is 3.74. The quantitative estimate of drug-likeness (QED) is 0.774. The van der Waals surface area contributed by atoms with Gasteiger partial charge < -0.3 is 23.9 Å². The first kappa shape index (κ1) is 20.7. The molecule has 8 heteroatoms. The van der Waals surface area contributed by atoms with Crippen molar-refractivity contribution in [2.75, 3.05) is 26.3 Å². The maximum Gasteiger partial charge on any atom is 0.319 e. The smallest absolute Gasteiger partial charge is 0.319 e. The van der Waals surface area contributed by atoms with Gasteiger partial charge in [-0.05, 0) is 45.7 Å². The predicted molar refractivity (Wildman–Crippen MR) is 108 cm³/mol. The molecule has 8 nitrogen and oxygen atoms in total. The number of furan rings is 1. The third-order valence-electron chi connectivity index (χ3n) is 6.19. The fraction of sp³-hybridized carbons (Fsp3) is 0.591. The van der Waals surface area contributed by atoms with Gasteiger partial charge in [0.05, 0.1) is 18.8 Å². The highest BCUT2D eigenvalue weighted by molar-refractivity contribution is 5.91. The molecule has 3 atom stereocenters. The van der Waals surface area contributed by atoms with E-state index in [2.05, 4.69) is 9.97 Å². The molecule has 1 N–H and O–H groups in total. The monoisotopic (exact) mass is 415 g/mol. The molecule has 2 aliphatic rings. The molecule has 0 spiro atoms. The lowest BCUT2D eigenvalue weighted by Gasteiger charge is -2.53. The summed E-state index contributed by atoms with van der Waals surface area (Å²) in [5.41, 5.74) is -0.563. The third-order valence-corrected chi connectivity index (χ3v) is 6.19. The molecule has 1 saturated heterocycles. The van der Waals surface area contributed by atoms with E-state index in [-0.39, 0.29) is 23.8 Å². The summed E-state index contributed by atoms with van der Waals surface area (Å²) >= 11 is 0. The van der Waals surface area contributed by atoms with Crippen molar-refractivity contribution in [1.82, 2.24) is 14.9 Å². The Hall–Kier alpha value is -2.61. The number of likely N-dealkylation sites (tertiary alicyclic amines) is 1. The molecule has 2 aromatic heterocycles. The van der Waals surface area contributed by atoms with Gasteiger partial charge in [0.2, 0.25) is 5.88 Å². The Labute approximate surface area is 176 Å². The second kappa shape index (κ2) is 8.26. The van der Waals surface area contributed by atoms with E-state index in [1.807, 2.05) is 20.8 Å². The molecule has 1 aliphatic heterocycles. The van der Waals surface area contributed by atoms with Crippen molar-refractivity contribution in [1.29, 1.82) is 0 Å². The minimum Gasteiger partial charge on any atom is -0.478 e. The molecule has 1 amide bonds. The predicted octanol–water partition coefficient (Wildman–Crippen LogP) is 2.94. The normalized spacial score (nSPS) is 25.8. The Morgan fingerprint density at radius 3 is 2.53 bits per heavy atom. The van der Waals surface area contributed by atoms with E-state index in [0.29, 0.717) is 49.3 Å². The zero-order valence-corrected chi connectivity index (χ0v) is 17.8. The van der Waals surface area contributed by atoms with Gasteiger partial charge in [0.1, 0.15) is 11.4 Å². The second-order valence-electron chi connectivity index (χ2n) is 8.01. The number of piperidine rings is 1. The molecule has 1 aliphatic carbocycles. The summed E-state index contributed by atoms with van der Waals surface area (Å²) in [7, 11) is 0. The second-order valence-corrected chi connectivity index (χ2v) is 8.01. The molecule has 1 saturated carbocycles. The third kappa shape index (κ3) is 3.53. The van der Waals surface area contributed by atoms with E-state index >= 15 is 0 Å². The zero-order chi connectivity index (χ0) is 21.3. The van der Waals surface area contributed by atoms with Crippen molar-refractivity contribution in [2.24, 2.45) is 11.8 Å². The van der Waals surface area contributed by atoms with Crippen LogP contribution in [0.25, 0.3) is 0 Å². The summed E-state index contributed by atoms with van der Waals surface area (Å²) in [5, 5.41) is 12.0. The van der Waals surface area contributed by atoms with E-state index in [1.165, 1.54) is 0 Å². The van der Waals surface area contributed by atoms with Gasteiger partial charge in [0.15, 0.2) is 5.76 Å². The molecule has 2 bridgehead atoms. The van der Waals surface area contributed by atoms with E-state index in [4.69, 9.17) is 13.9 Å². The maximum absolute atomic E-state index is 13.0. The first-order chi connectivity index (χ1) is 14.5. The van der Waals surface area contributed by atoms with Crippen LogP contribution in [-0.2, 0) is 5.60 Å². The van der Waals surface area contributed by atoms with Crippen LogP contribution in [0.3, 0.4) is 0 Å². The van der Waals surface area contributed by atoms with Crippen LogP contribution in [-0.4, -0.2) is 52.2 Å². The minimum absolute atomic E-state index is 0.130. The molecule has 30 heavy (non-hydrogen) atoms. The van der Waals surface area contributed by atoms with Crippen molar-refractivity contribution < 1.29 is 23.8 Å². The molecular formula is C22H29N3O5. The number of hydrogen-bond donors (Lipinski definition) is 1. The van der Waals surface area contributed by atoms with E-state index < -0.39 is 5.60 Å². The minimum atomic E-state index is -1.15. The van der Waals surface area contributed by atoms with Gasteiger partial charge in [-0.15, -0.1) is 0 Å². The number of nitrogens with zero attached hydrogens (tertiary/aromatic N) is 3. The summed E-state index contributed by atoms with van der Waals surface area (Å²) in [6.45, 7) is 7.33. The highest BCUT2D eigenvalue weighted by atomic mass is 16.5. The van der Waals surface area contributed by atoms with Crippen LogP contribution < -0.4 is 9.47 Å². The van der Waals surface area contributed by atoms with Gasteiger partial charge in [-0.1, -0.05) is 6.42 Å². The molecule has 2 aromatic rings. The fourth-order valence-corrected chi connectivity index (χ4v) is 4.83. The number of amides is 1. The van der Waals surface area contributed by atoms with Crippen molar-refractivity contribution in [3.05, 3.63) is 35.4 Å². The summed E-state index contributed by atoms with van der Waals surface area (Å²) in [6.07, 6.45) is 4.27. The van der Waals surface area contributed by atoms with Gasteiger partial charge in [0.25, 0.3) is 5.91 Å². The number of fused-ring (bicyclic) bond motifs is 2. The number of rotatable bonds is 6. The van der Waals surface area contributed by atoms with Crippen molar-refractivity contribution in [3.8, 4) is 11.9 Å². The first-order valence-corrected chi connectivity index (χ1v) is 10.7. The molecule has 1 unspecified atom stereocenters. The van der Waals surface area contributed by atoms with Gasteiger partial charge in [-0.2, -0.15) is 4.98 Å². The molecule has 2 fully saturated rings. The lowest BCUT2D eigenvalue weighted by atomic mass is 9.63. The Balaban J connectivity index is 1.65. The van der Waals surface area contributed by atoms with E-state index in [0.717, 1.165) is 19.3 Å². The number of ether oxygens (including phenoxy) is 2. The fourth-order valence-electron chi connectivity index (χ4n) is 4.83. The van der Waals surface area contributed by atoms with Gasteiger partial charge in [-0.25, -0.2) is 4.98 Å². The zero-order valence-electron chi connectivity index (χ0n) is 17.8. The number of aromatic nitrogens is 2. The SMILES string of the molecule is CCOc1ncc(C2(O)[C@@H]3CCC[C@H]2CN(C(=O)c2ccc(C)o2)C3)c(OCC)n1. The number of hydrogen-bond acceptors (Lipinski definition) is 7. The highest BCUT2D eigenvalue weighted by Crippen LogP contribution is 2.51. The topological polar surface area (TPSA) is 97.9 Å². The number of carbonyl (C=O) groups is 1. The molecule has 0 radical (unpaired) electrons. The highest BCUT2D eigenvalue weighted by Gasteiger charge is 2.54. The largest absolute Gasteiger partial charge is 0.478 e. The van der Waals surface area contributed by atoms with Gasteiger partial charge in [0, 0.05) is 31.1 Å². The number of aryl methyl sites for hydroxylation is 1. The Bertz CT molecular complexity index is 898. The summed E-state index contributed by atoms with van der Waals surface area (Å²) < 4.78 is 16.7. The lowest BCUT2D eigenvalue weighted by Crippen LogP contribution is -2.59. The Morgan fingerprint density at radius 2 is 1.93 bits per heavy atom. The molecule has 0 aromatic carbocycles. The number of carbonyl (C=O) groups excluding carboxylic acids is 1. The molecule has 4 rings (SSSR count). The Morgan fingerprint density at radius 1 is 1.23 bits per heavy atom. The van der Waals surface area contributed by atoms with Gasteiger partial charge in [-0.3, -0.25) is 4.79 Å².